The molecule has 7 heteroatoms. The average Bonchev–Trinajstić information content (AvgIpc) is 2.95. The summed E-state index contributed by atoms with van der Waals surface area (Å²) in [5, 5.41) is 7.12. The number of aromatic nitrogens is 2. The number of nitrogens with zero attached hydrogens (tertiary/aromatic N) is 4. The van der Waals surface area contributed by atoms with Crippen molar-refractivity contribution in [1.29, 1.82) is 0 Å². The summed E-state index contributed by atoms with van der Waals surface area (Å²) in [5.74, 6) is -0.281. The lowest BCUT2D eigenvalue weighted by Gasteiger charge is -2.25. The Hall–Kier alpha value is -2.41. The Kier molecular flexibility index (Phi) is 5.92. The zero-order valence-corrected chi connectivity index (χ0v) is 14.5. The third-order valence-corrected chi connectivity index (χ3v) is 3.86. The summed E-state index contributed by atoms with van der Waals surface area (Å²) in [6, 6.07) is 6.02. The highest BCUT2D eigenvalue weighted by atomic mass is 19.1. The number of hydrogen-bond donors (Lipinski definition) is 1. The van der Waals surface area contributed by atoms with E-state index in [9.17, 15) is 9.18 Å². The van der Waals surface area contributed by atoms with Gasteiger partial charge >= 0.3 is 6.03 Å². The third-order valence-electron chi connectivity index (χ3n) is 3.86. The van der Waals surface area contributed by atoms with E-state index in [1.165, 1.54) is 12.1 Å². The second-order valence-corrected chi connectivity index (χ2v) is 6.10. The quantitative estimate of drug-likeness (QED) is 0.880. The molecule has 0 aliphatic carbocycles. The van der Waals surface area contributed by atoms with E-state index in [1.54, 1.807) is 35.0 Å². The van der Waals surface area contributed by atoms with E-state index in [0.717, 1.165) is 11.1 Å². The third kappa shape index (κ3) is 4.79. The largest absolute Gasteiger partial charge is 0.336 e. The summed E-state index contributed by atoms with van der Waals surface area (Å²) in [6.45, 7) is 0.900. The molecule has 0 unspecified atom stereocenters. The SMILES string of the molecule is CN(Cc1ccc(F)cc1)C(=O)NC[C@H](c1cnn(C)c1)N(C)C. The van der Waals surface area contributed by atoms with E-state index in [-0.39, 0.29) is 17.9 Å². The van der Waals surface area contributed by atoms with Crippen molar-refractivity contribution in [3.05, 3.63) is 53.6 Å². The lowest BCUT2D eigenvalue weighted by molar-refractivity contribution is 0.200. The second-order valence-electron chi connectivity index (χ2n) is 6.10. The number of carbonyl (C=O) groups excluding carboxylic acids is 1. The fourth-order valence-corrected chi connectivity index (χ4v) is 2.47. The molecule has 2 aromatic rings. The summed E-state index contributed by atoms with van der Waals surface area (Å²) in [5.41, 5.74) is 1.93. The monoisotopic (exact) mass is 333 g/mol. The highest BCUT2D eigenvalue weighted by molar-refractivity contribution is 5.73. The Morgan fingerprint density at radius 1 is 1.29 bits per heavy atom. The molecule has 2 rings (SSSR count). The van der Waals surface area contributed by atoms with Crippen LogP contribution in [0.3, 0.4) is 0 Å². The molecule has 1 aromatic carbocycles. The molecule has 0 aliphatic rings. The van der Waals surface area contributed by atoms with Gasteiger partial charge < -0.3 is 15.1 Å². The van der Waals surface area contributed by atoms with Crippen molar-refractivity contribution in [3.8, 4) is 0 Å². The Morgan fingerprint density at radius 2 is 1.96 bits per heavy atom. The van der Waals surface area contributed by atoms with E-state index in [4.69, 9.17) is 0 Å². The number of benzene rings is 1. The van der Waals surface area contributed by atoms with Gasteiger partial charge in [0.05, 0.1) is 12.2 Å². The van der Waals surface area contributed by atoms with Gasteiger partial charge in [0.2, 0.25) is 0 Å². The molecule has 1 atom stereocenters. The van der Waals surface area contributed by atoms with Gasteiger partial charge in [-0.2, -0.15) is 5.10 Å². The molecule has 24 heavy (non-hydrogen) atoms. The van der Waals surface area contributed by atoms with E-state index in [0.29, 0.717) is 13.1 Å². The minimum atomic E-state index is -0.281. The molecular weight excluding hydrogens is 309 g/mol. The van der Waals surface area contributed by atoms with Gasteiger partial charge in [-0.3, -0.25) is 4.68 Å². The fourth-order valence-electron chi connectivity index (χ4n) is 2.47. The molecule has 0 bridgehead atoms. The topological polar surface area (TPSA) is 53.4 Å². The summed E-state index contributed by atoms with van der Waals surface area (Å²) in [4.78, 5) is 15.9. The zero-order chi connectivity index (χ0) is 17.7. The second kappa shape index (κ2) is 7.92. The number of likely N-dealkylation sites (N-methyl/N-ethyl adjacent to an activating group) is 1. The molecule has 0 fully saturated rings. The van der Waals surface area contributed by atoms with Crippen molar-refractivity contribution in [2.75, 3.05) is 27.7 Å². The summed E-state index contributed by atoms with van der Waals surface area (Å²) < 4.78 is 14.7. The lowest BCUT2D eigenvalue weighted by Crippen LogP contribution is -2.41. The van der Waals surface area contributed by atoms with Gasteiger partial charge in [-0.1, -0.05) is 12.1 Å². The zero-order valence-electron chi connectivity index (χ0n) is 14.5. The number of aryl methyl sites for hydroxylation is 1. The van der Waals surface area contributed by atoms with Crippen LogP contribution in [0, 0.1) is 5.82 Å². The molecule has 0 aliphatic heterocycles. The minimum Gasteiger partial charge on any atom is -0.336 e. The number of carbonyl (C=O) groups is 1. The minimum absolute atomic E-state index is 0.0434. The normalized spacial score (nSPS) is 12.2. The number of amides is 2. The van der Waals surface area contributed by atoms with Crippen LogP contribution in [-0.2, 0) is 13.6 Å². The summed E-state index contributed by atoms with van der Waals surface area (Å²) >= 11 is 0. The van der Waals surface area contributed by atoms with E-state index in [2.05, 4.69) is 10.4 Å². The number of rotatable bonds is 6. The molecular formula is C17H24FN5O. The fraction of sp³-hybridized carbons (Fsp3) is 0.412. The van der Waals surface area contributed by atoms with Crippen LogP contribution in [0.15, 0.2) is 36.7 Å². The van der Waals surface area contributed by atoms with Crippen LogP contribution in [-0.4, -0.2) is 53.3 Å². The molecule has 0 radical (unpaired) electrons. The van der Waals surface area contributed by atoms with Crippen molar-refractivity contribution in [1.82, 2.24) is 24.9 Å². The maximum atomic E-state index is 12.9. The van der Waals surface area contributed by atoms with Crippen LogP contribution in [0.25, 0.3) is 0 Å². The van der Waals surface area contributed by atoms with Crippen molar-refractivity contribution < 1.29 is 9.18 Å². The maximum absolute atomic E-state index is 12.9. The van der Waals surface area contributed by atoms with Crippen LogP contribution in [0.5, 0.6) is 0 Å². The van der Waals surface area contributed by atoms with Crippen LogP contribution >= 0.6 is 0 Å². The van der Waals surface area contributed by atoms with Gasteiger partial charge in [-0.25, -0.2) is 9.18 Å². The van der Waals surface area contributed by atoms with Gasteiger partial charge in [0.15, 0.2) is 0 Å². The first kappa shape index (κ1) is 17.9. The van der Waals surface area contributed by atoms with E-state index in [1.807, 2.05) is 32.2 Å². The predicted molar refractivity (Wildman–Crippen MR) is 90.9 cm³/mol. The standard InChI is InChI=1S/C17H24FN5O/c1-21(2)16(14-9-20-23(4)12-14)10-19-17(24)22(3)11-13-5-7-15(18)8-6-13/h5-9,12,16H,10-11H2,1-4H3,(H,19,24)/t16-/m1/s1. The first-order chi connectivity index (χ1) is 11.4. The van der Waals surface area contributed by atoms with Crippen molar-refractivity contribution in [2.45, 2.75) is 12.6 Å². The number of halogens is 1. The Morgan fingerprint density at radius 3 is 2.50 bits per heavy atom. The Bertz CT molecular complexity index is 668. The molecule has 1 N–H and O–H groups in total. The summed E-state index contributed by atoms with van der Waals surface area (Å²) in [6.07, 6.45) is 3.75. The molecule has 0 spiro atoms. The van der Waals surface area contributed by atoms with Crippen molar-refractivity contribution >= 4 is 6.03 Å². The van der Waals surface area contributed by atoms with E-state index >= 15 is 0 Å². The lowest BCUT2D eigenvalue weighted by atomic mass is 10.1. The van der Waals surface area contributed by atoms with Crippen LogP contribution in [0.1, 0.15) is 17.2 Å². The molecule has 0 saturated heterocycles. The van der Waals surface area contributed by atoms with Crippen molar-refractivity contribution in [3.63, 3.8) is 0 Å². The maximum Gasteiger partial charge on any atom is 0.317 e. The molecule has 0 saturated carbocycles. The van der Waals surface area contributed by atoms with Gasteiger partial charge in [0.1, 0.15) is 5.82 Å². The van der Waals surface area contributed by atoms with Gasteiger partial charge in [0.25, 0.3) is 0 Å². The smallest absolute Gasteiger partial charge is 0.317 e. The van der Waals surface area contributed by atoms with Gasteiger partial charge in [-0.15, -0.1) is 0 Å². The molecule has 1 heterocycles. The molecule has 6 nitrogen and oxygen atoms in total. The first-order valence-electron chi connectivity index (χ1n) is 7.75. The molecule has 2 amide bonds. The first-order valence-corrected chi connectivity index (χ1v) is 7.75. The predicted octanol–water partition coefficient (Wildman–Crippen LogP) is 2.00. The molecule has 130 valence electrons. The average molecular weight is 333 g/mol. The van der Waals surface area contributed by atoms with Gasteiger partial charge in [0, 0.05) is 38.9 Å². The van der Waals surface area contributed by atoms with Crippen molar-refractivity contribution in [2.24, 2.45) is 7.05 Å². The highest BCUT2D eigenvalue weighted by Crippen LogP contribution is 2.16. The van der Waals surface area contributed by atoms with Crippen LogP contribution in [0.2, 0.25) is 0 Å². The molecule has 1 aromatic heterocycles. The highest BCUT2D eigenvalue weighted by Gasteiger charge is 2.18. The van der Waals surface area contributed by atoms with E-state index < -0.39 is 0 Å². The number of hydrogen-bond acceptors (Lipinski definition) is 3. The number of nitrogens with one attached hydrogen (secondary N) is 1. The Labute approximate surface area is 141 Å². The van der Waals surface area contributed by atoms with Crippen LogP contribution in [0.4, 0.5) is 9.18 Å². The Balaban J connectivity index is 1.91. The number of urea groups is 1. The van der Waals surface area contributed by atoms with Crippen LogP contribution < -0.4 is 5.32 Å². The summed E-state index contributed by atoms with van der Waals surface area (Å²) in [7, 11) is 7.51. The van der Waals surface area contributed by atoms with Gasteiger partial charge in [-0.05, 0) is 31.8 Å².